The van der Waals surface area contributed by atoms with E-state index in [1.807, 2.05) is 4.90 Å². The van der Waals surface area contributed by atoms with Crippen molar-refractivity contribution in [2.75, 3.05) is 26.7 Å². The average Bonchev–Trinajstić information content (AvgIpc) is 2.38. The molecule has 88 valence electrons. The fourth-order valence-corrected chi connectivity index (χ4v) is 2.14. The van der Waals surface area contributed by atoms with Crippen molar-refractivity contribution in [3.63, 3.8) is 0 Å². The molecule has 0 spiro atoms. The summed E-state index contributed by atoms with van der Waals surface area (Å²) in [6.07, 6.45) is 2.05. The van der Waals surface area contributed by atoms with Crippen LogP contribution in [0.25, 0.3) is 0 Å². The van der Waals surface area contributed by atoms with Crippen molar-refractivity contribution in [1.82, 2.24) is 9.80 Å². The summed E-state index contributed by atoms with van der Waals surface area (Å²) in [5.41, 5.74) is 5.66. The van der Waals surface area contributed by atoms with Crippen molar-refractivity contribution in [3.8, 4) is 0 Å². The zero-order chi connectivity index (χ0) is 11.4. The van der Waals surface area contributed by atoms with Crippen molar-refractivity contribution in [2.24, 2.45) is 5.73 Å². The normalized spacial score (nSPS) is 26.1. The van der Waals surface area contributed by atoms with E-state index in [0.717, 1.165) is 32.5 Å². The summed E-state index contributed by atoms with van der Waals surface area (Å²) in [5, 5.41) is 0. The maximum absolute atomic E-state index is 11.9. The molecule has 0 radical (unpaired) electrons. The minimum Gasteiger partial charge on any atom is -0.337 e. The zero-order valence-corrected chi connectivity index (χ0v) is 10.1. The molecule has 4 heteroatoms. The molecule has 1 amide bonds. The third kappa shape index (κ3) is 3.18. The van der Waals surface area contributed by atoms with Crippen LogP contribution in [0, 0.1) is 0 Å². The number of amides is 1. The van der Waals surface area contributed by atoms with Gasteiger partial charge in [0.15, 0.2) is 0 Å². The van der Waals surface area contributed by atoms with Gasteiger partial charge in [-0.3, -0.25) is 4.79 Å². The van der Waals surface area contributed by atoms with Gasteiger partial charge >= 0.3 is 0 Å². The highest BCUT2D eigenvalue weighted by atomic mass is 16.2. The molecular formula is C11H23N3O. The number of carbonyl (C=O) groups is 1. The maximum Gasteiger partial charge on any atom is 0.239 e. The van der Waals surface area contributed by atoms with Crippen molar-refractivity contribution in [3.05, 3.63) is 0 Å². The minimum atomic E-state index is -0.373. The Hall–Kier alpha value is -0.610. The molecular weight excluding hydrogens is 190 g/mol. The highest BCUT2D eigenvalue weighted by Crippen LogP contribution is 2.12. The van der Waals surface area contributed by atoms with E-state index in [4.69, 9.17) is 5.73 Å². The number of carbonyl (C=O) groups excluding carboxylic acids is 1. The monoisotopic (exact) mass is 213 g/mol. The van der Waals surface area contributed by atoms with Gasteiger partial charge in [-0.15, -0.1) is 0 Å². The van der Waals surface area contributed by atoms with Crippen LogP contribution in [0.15, 0.2) is 0 Å². The van der Waals surface area contributed by atoms with Gasteiger partial charge in [-0.2, -0.15) is 0 Å². The highest BCUT2D eigenvalue weighted by Gasteiger charge is 2.27. The Morgan fingerprint density at radius 1 is 1.53 bits per heavy atom. The predicted molar refractivity (Wildman–Crippen MR) is 61.6 cm³/mol. The van der Waals surface area contributed by atoms with Gasteiger partial charge in [0.2, 0.25) is 5.91 Å². The molecule has 1 rings (SSSR count). The van der Waals surface area contributed by atoms with E-state index in [2.05, 4.69) is 18.9 Å². The first-order valence-electron chi connectivity index (χ1n) is 5.80. The van der Waals surface area contributed by atoms with Gasteiger partial charge in [-0.05, 0) is 33.4 Å². The Kier molecular flexibility index (Phi) is 4.54. The summed E-state index contributed by atoms with van der Waals surface area (Å²) >= 11 is 0. The fourth-order valence-electron chi connectivity index (χ4n) is 2.14. The lowest BCUT2D eigenvalue weighted by Crippen LogP contribution is -2.49. The molecule has 1 saturated heterocycles. The van der Waals surface area contributed by atoms with Crippen LogP contribution in [0.1, 0.15) is 26.7 Å². The third-order valence-electron chi connectivity index (χ3n) is 3.05. The third-order valence-corrected chi connectivity index (χ3v) is 3.05. The Bertz CT molecular complexity index is 218. The number of nitrogens with zero attached hydrogens (tertiary/aromatic N) is 2. The second-order valence-corrected chi connectivity index (χ2v) is 4.50. The smallest absolute Gasteiger partial charge is 0.239 e. The van der Waals surface area contributed by atoms with Gasteiger partial charge in [0.05, 0.1) is 6.04 Å². The van der Waals surface area contributed by atoms with Gasteiger partial charge in [0.1, 0.15) is 0 Å². The number of hydrogen-bond donors (Lipinski definition) is 1. The SMILES string of the molecule is CCC1CN(C)CCCN1C(=O)[C@H](C)N. The van der Waals surface area contributed by atoms with E-state index in [0.29, 0.717) is 6.04 Å². The van der Waals surface area contributed by atoms with Gasteiger partial charge in [-0.1, -0.05) is 6.92 Å². The first kappa shape index (κ1) is 12.5. The Balaban J connectivity index is 2.70. The molecule has 1 fully saturated rings. The van der Waals surface area contributed by atoms with Crippen LogP contribution in [0.2, 0.25) is 0 Å². The first-order valence-corrected chi connectivity index (χ1v) is 5.80. The van der Waals surface area contributed by atoms with E-state index in [1.54, 1.807) is 6.92 Å². The van der Waals surface area contributed by atoms with Crippen molar-refractivity contribution >= 4 is 5.91 Å². The Labute approximate surface area is 92.4 Å². The lowest BCUT2D eigenvalue weighted by Gasteiger charge is -2.31. The maximum atomic E-state index is 11.9. The average molecular weight is 213 g/mol. The minimum absolute atomic E-state index is 0.0946. The molecule has 1 aliphatic rings. The van der Waals surface area contributed by atoms with Crippen LogP contribution >= 0.6 is 0 Å². The van der Waals surface area contributed by atoms with Crippen LogP contribution in [0.4, 0.5) is 0 Å². The largest absolute Gasteiger partial charge is 0.337 e. The van der Waals surface area contributed by atoms with Crippen molar-refractivity contribution in [1.29, 1.82) is 0 Å². The second kappa shape index (κ2) is 5.47. The van der Waals surface area contributed by atoms with E-state index < -0.39 is 0 Å². The molecule has 1 heterocycles. The predicted octanol–water partition coefficient (Wildman–Crippen LogP) is 0.276. The van der Waals surface area contributed by atoms with Gasteiger partial charge in [0.25, 0.3) is 0 Å². The summed E-state index contributed by atoms with van der Waals surface area (Å²) in [4.78, 5) is 16.2. The van der Waals surface area contributed by atoms with Crippen molar-refractivity contribution < 1.29 is 4.79 Å². The molecule has 1 unspecified atom stereocenters. The van der Waals surface area contributed by atoms with Gasteiger partial charge in [0, 0.05) is 19.1 Å². The van der Waals surface area contributed by atoms with Gasteiger partial charge in [-0.25, -0.2) is 0 Å². The van der Waals surface area contributed by atoms with E-state index in [-0.39, 0.29) is 11.9 Å². The Morgan fingerprint density at radius 3 is 2.73 bits per heavy atom. The molecule has 2 atom stereocenters. The van der Waals surface area contributed by atoms with Crippen LogP contribution in [-0.4, -0.2) is 54.5 Å². The molecule has 0 aliphatic carbocycles. The summed E-state index contributed by atoms with van der Waals surface area (Å²) in [5.74, 6) is 0.0946. The second-order valence-electron chi connectivity index (χ2n) is 4.50. The summed E-state index contributed by atoms with van der Waals surface area (Å²) in [7, 11) is 2.11. The quantitative estimate of drug-likeness (QED) is 0.716. The molecule has 0 aromatic heterocycles. The van der Waals surface area contributed by atoms with Gasteiger partial charge < -0.3 is 15.5 Å². The summed E-state index contributed by atoms with van der Waals surface area (Å²) in [6, 6.07) is -0.0431. The lowest BCUT2D eigenvalue weighted by atomic mass is 10.1. The molecule has 0 saturated carbocycles. The van der Waals surface area contributed by atoms with Crippen LogP contribution in [0.3, 0.4) is 0 Å². The first-order chi connectivity index (χ1) is 7.06. The summed E-state index contributed by atoms with van der Waals surface area (Å²) < 4.78 is 0. The molecule has 0 bridgehead atoms. The van der Waals surface area contributed by atoms with Crippen LogP contribution in [-0.2, 0) is 4.79 Å². The molecule has 15 heavy (non-hydrogen) atoms. The molecule has 2 N–H and O–H groups in total. The number of likely N-dealkylation sites (N-methyl/N-ethyl adjacent to an activating group) is 1. The standard InChI is InChI=1S/C11H23N3O/c1-4-10-8-13(3)6-5-7-14(10)11(15)9(2)12/h9-10H,4-8,12H2,1-3H3/t9-,10?/m0/s1. The molecule has 0 aromatic rings. The van der Waals surface area contributed by atoms with E-state index in [9.17, 15) is 4.79 Å². The summed E-state index contributed by atoms with van der Waals surface area (Å²) in [6.45, 7) is 6.78. The topological polar surface area (TPSA) is 49.6 Å². The lowest BCUT2D eigenvalue weighted by molar-refractivity contribution is -0.134. The molecule has 1 aliphatic heterocycles. The number of rotatable bonds is 2. The highest BCUT2D eigenvalue weighted by molar-refractivity contribution is 5.81. The number of hydrogen-bond acceptors (Lipinski definition) is 3. The van der Waals surface area contributed by atoms with Crippen LogP contribution in [0.5, 0.6) is 0 Å². The van der Waals surface area contributed by atoms with E-state index in [1.165, 1.54) is 0 Å². The fraction of sp³-hybridized carbons (Fsp3) is 0.909. The number of nitrogens with two attached hydrogens (primary N) is 1. The van der Waals surface area contributed by atoms with Crippen molar-refractivity contribution in [2.45, 2.75) is 38.8 Å². The molecule has 0 aromatic carbocycles. The van der Waals surface area contributed by atoms with E-state index >= 15 is 0 Å². The Morgan fingerprint density at radius 2 is 2.20 bits per heavy atom. The zero-order valence-electron chi connectivity index (χ0n) is 10.1. The van der Waals surface area contributed by atoms with Crippen LogP contribution < -0.4 is 5.73 Å². The molecule has 4 nitrogen and oxygen atoms in total.